The number of nitrogens with one attached hydrogen (secondary N) is 2. The summed E-state index contributed by atoms with van der Waals surface area (Å²) in [6.07, 6.45) is -3.82. The van der Waals surface area contributed by atoms with Gasteiger partial charge in [0, 0.05) is 18.8 Å². The molecule has 0 saturated heterocycles. The van der Waals surface area contributed by atoms with Crippen molar-refractivity contribution in [3.05, 3.63) is 18.3 Å². The zero-order valence-corrected chi connectivity index (χ0v) is 11.5. The number of aromatic nitrogens is 1. The molecule has 0 aliphatic heterocycles. The fourth-order valence-corrected chi connectivity index (χ4v) is 3.20. The van der Waals surface area contributed by atoms with Crippen LogP contribution in [0.5, 0.6) is 0 Å². The average molecular weight is 309 g/mol. The highest BCUT2D eigenvalue weighted by Gasteiger charge is 2.65. The number of nitrogens with zero attached hydrogens (tertiary/aromatic N) is 1. The minimum absolute atomic E-state index is 0.235. The molecule has 0 spiro atoms. The Morgan fingerprint density at radius 1 is 1.40 bits per heavy atom. The largest absolute Gasteiger partial charge is 0.407 e. The first-order valence-electron chi connectivity index (χ1n) is 6.01. The van der Waals surface area contributed by atoms with Crippen molar-refractivity contribution in [3.8, 4) is 0 Å². The van der Waals surface area contributed by atoms with Crippen LogP contribution in [0, 0.1) is 0 Å². The lowest BCUT2D eigenvalue weighted by Crippen LogP contribution is -2.47. The zero-order chi connectivity index (χ0) is 15.0. The Balaban J connectivity index is 2.25. The Labute approximate surface area is 114 Å². The summed E-state index contributed by atoms with van der Waals surface area (Å²) < 4.78 is 64.2. The monoisotopic (exact) mass is 309 g/mol. The summed E-state index contributed by atoms with van der Waals surface area (Å²) in [6, 6.07) is 2.37. The van der Waals surface area contributed by atoms with Gasteiger partial charge in [0.25, 0.3) is 0 Å². The third-order valence-corrected chi connectivity index (χ3v) is 4.56. The summed E-state index contributed by atoms with van der Waals surface area (Å²) in [5, 5.41) is 2.80. The van der Waals surface area contributed by atoms with Gasteiger partial charge in [0.1, 0.15) is 11.4 Å². The second-order valence-corrected chi connectivity index (χ2v) is 6.27. The molecule has 1 aromatic heterocycles. The van der Waals surface area contributed by atoms with Crippen molar-refractivity contribution in [3.63, 3.8) is 0 Å². The van der Waals surface area contributed by atoms with Gasteiger partial charge in [0.15, 0.2) is 0 Å². The molecular formula is C11H14F3N3O2S. The second-order valence-electron chi connectivity index (χ2n) is 4.59. The molecule has 0 bridgehead atoms. The van der Waals surface area contributed by atoms with E-state index < -0.39 is 21.7 Å². The predicted octanol–water partition coefficient (Wildman–Crippen LogP) is 1.89. The molecule has 0 amide bonds. The number of halogens is 3. The molecule has 1 heterocycles. The van der Waals surface area contributed by atoms with Crippen molar-refractivity contribution >= 4 is 15.8 Å². The highest BCUT2D eigenvalue weighted by atomic mass is 32.2. The molecule has 0 aromatic carbocycles. The van der Waals surface area contributed by atoms with Crippen molar-refractivity contribution < 1.29 is 21.6 Å². The fourth-order valence-electron chi connectivity index (χ4n) is 1.74. The maximum absolute atomic E-state index is 12.8. The number of anilines is 1. The SMILES string of the molecule is CCNc1cc(S(=O)(=O)NC2(C(F)(F)F)CC2)ccn1. The molecule has 9 heteroatoms. The van der Waals surface area contributed by atoms with Crippen LogP contribution in [0.2, 0.25) is 0 Å². The Morgan fingerprint density at radius 3 is 2.55 bits per heavy atom. The standard InChI is InChI=1S/C11H14F3N3O2S/c1-2-15-9-7-8(3-6-16-9)20(18,19)17-10(4-5-10)11(12,13)14/h3,6-7,17H,2,4-5H2,1H3,(H,15,16). The second kappa shape index (κ2) is 4.88. The molecule has 112 valence electrons. The van der Waals surface area contributed by atoms with Gasteiger partial charge >= 0.3 is 6.18 Å². The van der Waals surface area contributed by atoms with Gasteiger partial charge in [0.2, 0.25) is 10.0 Å². The van der Waals surface area contributed by atoms with Crippen LogP contribution in [0.15, 0.2) is 23.2 Å². The third kappa shape index (κ3) is 2.88. The van der Waals surface area contributed by atoms with Crippen LogP contribution in [0.3, 0.4) is 0 Å². The Hall–Kier alpha value is -1.35. The van der Waals surface area contributed by atoms with Gasteiger partial charge in [-0.2, -0.15) is 17.9 Å². The molecule has 1 fully saturated rings. The molecule has 1 aromatic rings. The van der Waals surface area contributed by atoms with E-state index in [1.807, 2.05) is 0 Å². The van der Waals surface area contributed by atoms with E-state index in [-0.39, 0.29) is 17.7 Å². The van der Waals surface area contributed by atoms with Crippen molar-refractivity contribution in [2.75, 3.05) is 11.9 Å². The predicted molar refractivity (Wildman–Crippen MR) is 66.7 cm³/mol. The van der Waals surface area contributed by atoms with Crippen LogP contribution in [0.1, 0.15) is 19.8 Å². The molecule has 2 rings (SSSR count). The Kier molecular flexibility index (Phi) is 3.67. The summed E-state index contributed by atoms with van der Waals surface area (Å²) in [5.41, 5.74) is -2.31. The molecule has 0 radical (unpaired) electrons. The maximum Gasteiger partial charge on any atom is 0.407 e. The van der Waals surface area contributed by atoms with Gasteiger partial charge in [-0.05, 0) is 25.8 Å². The fraction of sp³-hybridized carbons (Fsp3) is 0.545. The molecule has 20 heavy (non-hydrogen) atoms. The van der Waals surface area contributed by atoms with Gasteiger partial charge in [-0.3, -0.25) is 0 Å². The van der Waals surface area contributed by atoms with Crippen LogP contribution < -0.4 is 10.0 Å². The lowest BCUT2D eigenvalue weighted by atomic mass is 10.3. The lowest BCUT2D eigenvalue weighted by Gasteiger charge is -2.20. The zero-order valence-electron chi connectivity index (χ0n) is 10.7. The molecule has 1 aliphatic rings. The first kappa shape index (κ1) is 15.0. The topological polar surface area (TPSA) is 71.1 Å². The molecule has 0 unspecified atom stereocenters. The van der Waals surface area contributed by atoms with Crippen LogP contribution in [-0.4, -0.2) is 31.7 Å². The minimum Gasteiger partial charge on any atom is -0.370 e. The van der Waals surface area contributed by atoms with E-state index in [4.69, 9.17) is 0 Å². The third-order valence-electron chi connectivity index (χ3n) is 3.02. The number of hydrogen-bond donors (Lipinski definition) is 2. The minimum atomic E-state index is -4.59. The number of pyridine rings is 1. The van der Waals surface area contributed by atoms with Crippen molar-refractivity contribution in [2.45, 2.75) is 36.4 Å². The first-order valence-corrected chi connectivity index (χ1v) is 7.49. The van der Waals surface area contributed by atoms with Gasteiger partial charge in [-0.15, -0.1) is 0 Å². The van der Waals surface area contributed by atoms with E-state index in [1.165, 1.54) is 12.3 Å². The summed E-state index contributed by atoms with van der Waals surface area (Å²) in [5.74, 6) is 0.298. The normalized spacial score (nSPS) is 17.8. The summed E-state index contributed by atoms with van der Waals surface area (Å²) >= 11 is 0. The number of alkyl halides is 3. The number of hydrogen-bond acceptors (Lipinski definition) is 4. The molecule has 1 aliphatic carbocycles. The van der Waals surface area contributed by atoms with E-state index in [0.29, 0.717) is 12.4 Å². The molecule has 2 N–H and O–H groups in total. The highest BCUT2D eigenvalue weighted by molar-refractivity contribution is 7.89. The molecule has 0 atom stereocenters. The summed E-state index contributed by atoms with van der Waals surface area (Å²) in [4.78, 5) is 3.64. The number of sulfonamides is 1. The lowest BCUT2D eigenvalue weighted by molar-refractivity contribution is -0.160. The van der Waals surface area contributed by atoms with Gasteiger partial charge in [-0.25, -0.2) is 13.4 Å². The van der Waals surface area contributed by atoms with Crippen molar-refractivity contribution in [1.82, 2.24) is 9.71 Å². The van der Waals surface area contributed by atoms with E-state index in [2.05, 4.69) is 10.3 Å². The first-order chi connectivity index (χ1) is 9.20. The smallest absolute Gasteiger partial charge is 0.370 e. The number of rotatable bonds is 5. The highest BCUT2D eigenvalue weighted by Crippen LogP contribution is 2.49. The Morgan fingerprint density at radius 2 is 2.05 bits per heavy atom. The summed E-state index contributed by atoms with van der Waals surface area (Å²) in [6.45, 7) is 2.32. The quantitative estimate of drug-likeness (QED) is 0.871. The van der Waals surface area contributed by atoms with Crippen LogP contribution in [-0.2, 0) is 10.0 Å². The molecule has 5 nitrogen and oxygen atoms in total. The van der Waals surface area contributed by atoms with Gasteiger partial charge in [-0.1, -0.05) is 0 Å². The van der Waals surface area contributed by atoms with Gasteiger partial charge < -0.3 is 5.32 Å². The maximum atomic E-state index is 12.8. The molecule has 1 saturated carbocycles. The summed E-state index contributed by atoms with van der Waals surface area (Å²) in [7, 11) is -4.23. The molecular weight excluding hydrogens is 295 g/mol. The van der Waals surface area contributed by atoms with E-state index in [0.717, 1.165) is 6.07 Å². The van der Waals surface area contributed by atoms with Crippen molar-refractivity contribution in [1.29, 1.82) is 0 Å². The van der Waals surface area contributed by atoms with E-state index >= 15 is 0 Å². The van der Waals surface area contributed by atoms with Crippen LogP contribution in [0.4, 0.5) is 19.0 Å². The Bertz CT molecular complexity index is 597. The average Bonchev–Trinajstić information content (AvgIpc) is 3.09. The van der Waals surface area contributed by atoms with Crippen LogP contribution in [0.25, 0.3) is 0 Å². The van der Waals surface area contributed by atoms with E-state index in [9.17, 15) is 21.6 Å². The van der Waals surface area contributed by atoms with Crippen LogP contribution >= 0.6 is 0 Å². The van der Waals surface area contributed by atoms with Crippen molar-refractivity contribution in [2.24, 2.45) is 0 Å². The van der Waals surface area contributed by atoms with E-state index in [1.54, 1.807) is 11.6 Å². The van der Waals surface area contributed by atoms with Gasteiger partial charge in [0.05, 0.1) is 4.90 Å².